The van der Waals surface area contributed by atoms with Gasteiger partial charge in [0.1, 0.15) is 34.2 Å². The van der Waals surface area contributed by atoms with Crippen LogP contribution in [-0.2, 0) is 6.42 Å². The number of rotatable bonds is 7. The molecule has 0 amide bonds. The summed E-state index contributed by atoms with van der Waals surface area (Å²) in [5.41, 5.74) is 15.9. The molecule has 0 radical (unpaired) electrons. The van der Waals surface area contributed by atoms with Crippen LogP contribution in [0.1, 0.15) is 17.2 Å². The maximum absolute atomic E-state index is 6.68. The van der Waals surface area contributed by atoms with Gasteiger partial charge in [0.15, 0.2) is 0 Å². The largest absolute Gasteiger partial charge is 0.484 e. The minimum absolute atomic E-state index is 0.00936. The quantitative estimate of drug-likeness (QED) is 0.162. The molecule has 0 fully saturated rings. The standard InChI is InChI=1S/C56H37NO3/c1-3-11-36(12-4-1)37-21-27-43(28-22-37)57(45-16-9-15-41(33-45)46-18-10-20-51-54(46)47-17-7-8-19-49(47)58-51)44-29-23-38(24-30-44)40-25-31-50-48(34-40)55-52(59-50)32-26-42-35-53(60-56(42)55)39-13-5-2-6-14-39/h1-34,53H,35H2. The van der Waals surface area contributed by atoms with Crippen molar-refractivity contribution in [2.45, 2.75) is 12.5 Å². The number of anilines is 3. The predicted octanol–water partition coefficient (Wildman–Crippen LogP) is 15.6. The Labute approximate surface area is 347 Å². The molecule has 60 heavy (non-hydrogen) atoms. The van der Waals surface area contributed by atoms with Crippen molar-refractivity contribution in [1.82, 2.24) is 0 Å². The smallest absolute Gasteiger partial charge is 0.139 e. The van der Waals surface area contributed by atoms with Crippen LogP contribution in [-0.4, -0.2) is 0 Å². The summed E-state index contributed by atoms with van der Waals surface area (Å²) in [6, 6.07) is 72.9. The van der Waals surface area contributed by atoms with E-state index >= 15 is 0 Å². The molecule has 4 heteroatoms. The van der Waals surface area contributed by atoms with Crippen LogP contribution >= 0.6 is 0 Å². The van der Waals surface area contributed by atoms with E-state index in [1.54, 1.807) is 0 Å². The molecule has 1 aliphatic rings. The summed E-state index contributed by atoms with van der Waals surface area (Å²) in [4.78, 5) is 2.34. The van der Waals surface area contributed by atoms with Crippen molar-refractivity contribution in [3.05, 3.63) is 217 Å². The van der Waals surface area contributed by atoms with Crippen molar-refractivity contribution in [2.24, 2.45) is 0 Å². The third-order valence-electron chi connectivity index (χ3n) is 12.0. The first-order valence-corrected chi connectivity index (χ1v) is 20.5. The van der Waals surface area contributed by atoms with Crippen LogP contribution in [0.2, 0.25) is 0 Å². The lowest BCUT2D eigenvalue weighted by atomic mass is 9.98. The summed E-state index contributed by atoms with van der Waals surface area (Å²) < 4.78 is 19.3. The molecule has 0 N–H and O–H groups in total. The molecule has 12 rings (SSSR count). The number of hydrogen-bond acceptors (Lipinski definition) is 4. The molecule has 0 bridgehead atoms. The van der Waals surface area contributed by atoms with Crippen molar-refractivity contribution in [2.75, 3.05) is 4.90 Å². The summed E-state index contributed by atoms with van der Waals surface area (Å²) in [6.07, 6.45) is 0.831. The molecule has 0 spiro atoms. The van der Waals surface area contributed by atoms with E-state index in [4.69, 9.17) is 13.6 Å². The van der Waals surface area contributed by atoms with Crippen LogP contribution in [0.4, 0.5) is 17.1 Å². The van der Waals surface area contributed by atoms with Crippen LogP contribution in [0.25, 0.3) is 77.3 Å². The molecule has 1 unspecified atom stereocenters. The van der Waals surface area contributed by atoms with Crippen molar-refractivity contribution in [3.63, 3.8) is 0 Å². The fourth-order valence-electron chi connectivity index (χ4n) is 9.10. The molecule has 4 nitrogen and oxygen atoms in total. The van der Waals surface area contributed by atoms with Crippen LogP contribution in [0, 0.1) is 0 Å². The number of ether oxygens (including phenoxy) is 1. The third-order valence-corrected chi connectivity index (χ3v) is 12.0. The Bertz CT molecular complexity index is 3360. The normalized spacial score (nSPS) is 13.6. The lowest BCUT2D eigenvalue weighted by Gasteiger charge is -2.26. The molecule has 0 aliphatic carbocycles. The van der Waals surface area contributed by atoms with E-state index in [0.29, 0.717) is 0 Å². The van der Waals surface area contributed by atoms with Crippen LogP contribution in [0.15, 0.2) is 215 Å². The first-order valence-electron chi connectivity index (χ1n) is 20.5. The van der Waals surface area contributed by atoms with E-state index in [9.17, 15) is 0 Å². The van der Waals surface area contributed by atoms with Gasteiger partial charge >= 0.3 is 0 Å². The van der Waals surface area contributed by atoms with Crippen LogP contribution in [0.3, 0.4) is 0 Å². The van der Waals surface area contributed by atoms with Gasteiger partial charge in [-0.15, -0.1) is 0 Å². The average Bonchev–Trinajstić information content (AvgIpc) is 4.04. The SMILES string of the molecule is c1ccc(-c2ccc(N(c3ccc(-c4ccc5oc6ccc7c(c6c5c4)OC(c4ccccc4)C7)cc3)c3cccc(-c4cccc5oc6ccccc6c45)c3)cc2)cc1. The van der Waals surface area contributed by atoms with E-state index in [2.05, 4.69) is 193 Å². The van der Waals surface area contributed by atoms with Gasteiger partial charge in [-0.1, -0.05) is 140 Å². The molecular weight excluding hydrogens is 735 g/mol. The van der Waals surface area contributed by atoms with Gasteiger partial charge in [0, 0.05) is 39.6 Å². The van der Waals surface area contributed by atoms with Crippen LogP contribution in [0.5, 0.6) is 5.75 Å². The average molecular weight is 772 g/mol. The first-order chi connectivity index (χ1) is 29.7. The lowest BCUT2D eigenvalue weighted by Crippen LogP contribution is -2.10. The van der Waals surface area contributed by atoms with Crippen molar-refractivity contribution in [1.29, 1.82) is 0 Å². The van der Waals surface area contributed by atoms with Gasteiger partial charge in [-0.3, -0.25) is 0 Å². The fourth-order valence-corrected chi connectivity index (χ4v) is 9.10. The molecule has 1 atom stereocenters. The number of para-hydroxylation sites is 1. The molecule has 2 aromatic heterocycles. The Kier molecular flexibility index (Phi) is 7.95. The molecule has 1 aliphatic heterocycles. The fraction of sp³-hybridized carbons (Fsp3) is 0.0357. The van der Waals surface area contributed by atoms with Crippen molar-refractivity contribution < 1.29 is 13.6 Å². The highest BCUT2D eigenvalue weighted by molar-refractivity contribution is 6.13. The summed E-state index contributed by atoms with van der Waals surface area (Å²) in [5, 5.41) is 4.36. The van der Waals surface area contributed by atoms with Gasteiger partial charge in [0.05, 0.1) is 5.39 Å². The summed E-state index contributed by atoms with van der Waals surface area (Å²) in [6.45, 7) is 0. The predicted molar refractivity (Wildman–Crippen MR) is 246 cm³/mol. The minimum Gasteiger partial charge on any atom is -0.484 e. The first kappa shape index (κ1) is 34.2. The van der Waals surface area contributed by atoms with E-state index in [1.165, 1.54) is 22.3 Å². The minimum atomic E-state index is -0.00936. The number of fused-ring (bicyclic) bond motifs is 8. The second-order valence-electron chi connectivity index (χ2n) is 15.6. The van der Waals surface area contributed by atoms with E-state index in [0.717, 1.165) is 95.4 Å². The highest BCUT2D eigenvalue weighted by Gasteiger charge is 2.28. The molecule has 0 saturated heterocycles. The maximum atomic E-state index is 6.68. The zero-order valence-corrected chi connectivity index (χ0v) is 32.6. The van der Waals surface area contributed by atoms with Crippen LogP contribution < -0.4 is 9.64 Å². The monoisotopic (exact) mass is 771 g/mol. The second kappa shape index (κ2) is 13.9. The van der Waals surface area contributed by atoms with Crippen molar-refractivity contribution in [3.8, 4) is 39.1 Å². The topological polar surface area (TPSA) is 38.8 Å². The number of hydrogen-bond donors (Lipinski definition) is 0. The highest BCUT2D eigenvalue weighted by atomic mass is 16.5. The van der Waals surface area contributed by atoms with Gasteiger partial charge in [0.25, 0.3) is 0 Å². The summed E-state index contributed by atoms with van der Waals surface area (Å²) in [5.74, 6) is 0.931. The zero-order valence-electron chi connectivity index (χ0n) is 32.6. The highest BCUT2D eigenvalue weighted by Crippen LogP contribution is 2.47. The Morgan fingerprint density at radius 1 is 0.383 bits per heavy atom. The zero-order chi connectivity index (χ0) is 39.6. The molecule has 3 heterocycles. The van der Waals surface area contributed by atoms with Gasteiger partial charge in [-0.2, -0.15) is 0 Å². The Hall–Kier alpha value is -7.82. The molecule has 9 aromatic carbocycles. The second-order valence-corrected chi connectivity index (χ2v) is 15.6. The van der Waals surface area contributed by atoms with Gasteiger partial charge in [-0.05, 0) is 111 Å². The lowest BCUT2D eigenvalue weighted by molar-refractivity contribution is 0.241. The van der Waals surface area contributed by atoms with Crippen molar-refractivity contribution >= 4 is 60.9 Å². The molecule has 0 saturated carbocycles. The Morgan fingerprint density at radius 3 is 1.75 bits per heavy atom. The van der Waals surface area contributed by atoms with Gasteiger partial charge in [-0.25, -0.2) is 0 Å². The van der Waals surface area contributed by atoms with Gasteiger partial charge in [0.2, 0.25) is 0 Å². The number of nitrogens with zero attached hydrogens (tertiary/aromatic N) is 1. The van der Waals surface area contributed by atoms with E-state index in [-0.39, 0.29) is 6.10 Å². The van der Waals surface area contributed by atoms with Gasteiger partial charge < -0.3 is 18.5 Å². The summed E-state index contributed by atoms with van der Waals surface area (Å²) in [7, 11) is 0. The maximum Gasteiger partial charge on any atom is 0.139 e. The molecule has 284 valence electrons. The Morgan fingerprint density at radius 2 is 0.967 bits per heavy atom. The number of benzene rings is 9. The van der Waals surface area contributed by atoms with E-state index in [1.807, 2.05) is 18.2 Å². The Balaban J connectivity index is 0.938. The number of furan rings is 2. The van der Waals surface area contributed by atoms with E-state index < -0.39 is 0 Å². The third kappa shape index (κ3) is 5.76. The molecule has 11 aromatic rings. The molecular formula is C56H37NO3. The summed E-state index contributed by atoms with van der Waals surface area (Å²) >= 11 is 0.